The zero-order chi connectivity index (χ0) is 19.0. The summed E-state index contributed by atoms with van der Waals surface area (Å²) in [6, 6.07) is 19.3. The number of hydrogen-bond acceptors (Lipinski definition) is 4. The number of methoxy groups -OCH3 is 1. The molecule has 2 N–H and O–H groups in total. The molecule has 0 fully saturated rings. The predicted molar refractivity (Wildman–Crippen MR) is 106 cm³/mol. The van der Waals surface area contributed by atoms with Crippen LogP contribution in [0.5, 0.6) is 11.5 Å². The molecule has 0 saturated heterocycles. The third kappa shape index (κ3) is 3.06. The molecule has 0 saturated carbocycles. The van der Waals surface area contributed by atoms with Crippen molar-refractivity contribution in [1.82, 2.24) is 0 Å². The summed E-state index contributed by atoms with van der Waals surface area (Å²) in [6.07, 6.45) is -0.510. The Balaban J connectivity index is 1.89. The van der Waals surface area contributed by atoms with Crippen molar-refractivity contribution in [1.29, 1.82) is 0 Å². The number of ether oxygens (including phenoxy) is 1. The van der Waals surface area contributed by atoms with Crippen molar-refractivity contribution in [3.63, 3.8) is 0 Å². The lowest BCUT2D eigenvalue weighted by atomic mass is 10.0. The van der Waals surface area contributed by atoms with E-state index in [9.17, 15) is 9.90 Å². The molecule has 0 aromatic heterocycles. The molecule has 1 unspecified atom stereocenters. The van der Waals surface area contributed by atoms with Crippen LogP contribution in [0.25, 0.3) is 0 Å². The van der Waals surface area contributed by atoms with E-state index in [0.29, 0.717) is 22.0 Å². The van der Waals surface area contributed by atoms with E-state index in [1.54, 1.807) is 47.4 Å². The second-order valence-corrected chi connectivity index (χ2v) is 6.61. The summed E-state index contributed by atoms with van der Waals surface area (Å²) in [5, 5.41) is 13.8. The standard InChI is InChI=1S/C21H17ClN2O3/c1-27-19-12-15(25)10-11-17(19)20-23-18-5-3-2-4-16(18)21(26)24(20)14-8-6-13(22)7-9-14/h2-12,20,23,25H,1H3. The molecule has 1 heterocycles. The number of aromatic hydroxyl groups is 1. The van der Waals surface area contributed by atoms with Crippen molar-refractivity contribution >= 4 is 28.9 Å². The van der Waals surface area contributed by atoms with Crippen LogP contribution in [0, 0.1) is 0 Å². The number of carbonyl (C=O) groups excluding carboxylic acids is 1. The van der Waals surface area contributed by atoms with Crippen LogP contribution in [-0.2, 0) is 0 Å². The molecule has 3 aromatic carbocycles. The molecular formula is C21H17ClN2O3. The van der Waals surface area contributed by atoms with E-state index in [-0.39, 0.29) is 11.7 Å². The number of halogens is 1. The lowest BCUT2D eigenvalue weighted by Crippen LogP contribution is -2.43. The Labute approximate surface area is 161 Å². The van der Waals surface area contributed by atoms with Crippen LogP contribution in [-0.4, -0.2) is 18.1 Å². The molecule has 3 aromatic rings. The minimum atomic E-state index is -0.510. The largest absolute Gasteiger partial charge is 0.508 e. The monoisotopic (exact) mass is 380 g/mol. The maximum Gasteiger partial charge on any atom is 0.262 e. The van der Waals surface area contributed by atoms with Gasteiger partial charge >= 0.3 is 0 Å². The number of fused-ring (bicyclic) bond motifs is 1. The SMILES string of the molecule is COc1cc(O)ccc1C1Nc2ccccc2C(=O)N1c1ccc(Cl)cc1. The molecule has 0 aliphatic carbocycles. The van der Waals surface area contributed by atoms with Gasteiger partial charge in [-0.15, -0.1) is 0 Å². The average Bonchev–Trinajstić information content (AvgIpc) is 2.69. The van der Waals surface area contributed by atoms with Gasteiger partial charge in [-0.05, 0) is 48.5 Å². The normalized spacial score (nSPS) is 15.9. The number of benzene rings is 3. The Hall–Kier alpha value is -3.18. The van der Waals surface area contributed by atoms with Gasteiger partial charge in [0.1, 0.15) is 17.7 Å². The minimum absolute atomic E-state index is 0.0937. The van der Waals surface area contributed by atoms with Crippen molar-refractivity contribution in [2.75, 3.05) is 17.3 Å². The number of phenolic OH excluding ortho intramolecular Hbond substituents is 1. The van der Waals surface area contributed by atoms with E-state index in [1.165, 1.54) is 13.2 Å². The number of nitrogens with zero attached hydrogens (tertiary/aromatic N) is 1. The highest BCUT2D eigenvalue weighted by Gasteiger charge is 2.35. The summed E-state index contributed by atoms with van der Waals surface area (Å²) in [5.74, 6) is 0.446. The molecule has 27 heavy (non-hydrogen) atoms. The van der Waals surface area contributed by atoms with Crippen LogP contribution in [0.15, 0.2) is 66.7 Å². The molecule has 1 atom stereocenters. The summed E-state index contributed by atoms with van der Waals surface area (Å²) in [5.41, 5.74) is 2.76. The van der Waals surface area contributed by atoms with Crippen LogP contribution in [0.3, 0.4) is 0 Å². The van der Waals surface area contributed by atoms with Gasteiger partial charge in [-0.3, -0.25) is 9.69 Å². The van der Waals surface area contributed by atoms with Gasteiger partial charge in [-0.2, -0.15) is 0 Å². The zero-order valence-electron chi connectivity index (χ0n) is 14.5. The number of nitrogens with one attached hydrogen (secondary N) is 1. The number of anilines is 2. The average molecular weight is 381 g/mol. The van der Waals surface area contributed by atoms with Gasteiger partial charge in [-0.1, -0.05) is 23.7 Å². The van der Waals surface area contributed by atoms with Gasteiger partial charge in [0.25, 0.3) is 5.91 Å². The lowest BCUT2D eigenvalue weighted by molar-refractivity contribution is 0.0974. The first-order chi connectivity index (χ1) is 13.1. The highest BCUT2D eigenvalue weighted by molar-refractivity contribution is 6.30. The second-order valence-electron chi connectivity index (χ2n) is 6.17. The number of amides is 1. The third-order valence-corrected chi connectivity index (χ3v) is 4.80. The first-order valence-electron chi connectivity index (χ1n) is 8.40. The summed E-state index contributed by atoms with van der Waals surface area (Å²) >= 11 is 6.02. The molecule has 6 heteroatoms. The first-order valence-corrected chi connectivity index (χ1v) is 8.78. The number of rotatable bonds is 3. The number of carbonyl (C=O) groups is 1. The molecule has 1 aliphatic rings. The summed E-state index contributed by atoms with van der Waals surface area (Å²) in [7, 11) is 1.53. The Morgan fingerprint density at radius 3 is 2.56 bits per heavy atom. The van der Waals surface area contributed by atoms with E-state index in [1.807, 2.05) is 18.2 Å². The molecular weight excluding hydrogens is 364 g/mol. The Bertz CT molecular complexity index is 1000. The van der Waals surface area contributed by atoms with Gasteiger partial charge in [-0.25, -0.2) is 0 Å². The van der Waals surface area contributed by atoms with Crippen molar-refractivity contribution < 1.29 is 14.6 Å². The van der Waals surface area contributed by atoms with Crippen LogP contribution >= 0.6 is 11.6 Å². The van der Waals surface area contributed by atoms with Gasteiger partial charge in [0.2, 0.25) is 0 Å². The molecule has 4 rings (SSSR count). The fraction of sp³-hybridized carbons (Fsp3) is 0.0952. The van der Waals surface area contributed by atoms with E-state index in [2.05, 4.69) is 5.32 Å². The van der Waals surface area contributed by atoms with Gasteiger partial charge in [0.05, 0.1) is 12.7 Å². The van der Waals surface area contributed by atoms with Crippen molar-refractivity contribution in [3.8, 4) is 11.5 Å². The molecule has 136 valence electrons. The smallest absolute Gasteiger partial charge is 0.262 e. The third-order valence-electron chi connectivity index (χ3n) is 4.54. The molecule has 0 radical (unpaired) electrons. The fourth-order valence-electron chi connectivity index (χ4n) is 3.26. The first kappa shape index (κ1) is 17.2. The maximum atomic E-state index is 13.3. The number of phenols is 1. The van der Waals surface area contributed by atoms with Crippen LogP contribution in [0.1, 0.15) is 22.1 Å². The fourth-order valence-corrected chi connectivity index (χ4v) is 3.39. The lowest BCUT2D eigenvalue weighted by Gasteiger charge is -2.38. The van der Waals surface area contributed by atoms with Crippen molar-refractivity contribution in [3.05, 3.63) is 82.9 Å². The summed E-state index contributed by atoms with van der Waals surface area (Å²) in [6.45, 7) is 0. The van der Waals surface area contributed by atoms with E-state index in [0.717, 1.165) is 11.3 Å². The van der Waals surface area contributed by atoms with Gasteiger partial charge < -0.3 is 15.2 Å². The number of hydrogen-bond donors (Lipinski definition) is 2. The molecule has 0 spiro atoms. The van der Waals surface area contributed by atoms with Crippen LogP contribution < -0.4 is 15.0 Å². The molecule has 5 nitrogen and oxygen atoms in total. The Morgan fingerprint density at radius 2 is 1.81 bits per heavy atom. The van der Waals surface area contributed by atoms with E-state index < -0.39 is 6.17 Å². The highest BCUT2D eigenvalue weighted by atomic mass is 35.5. The molecule has 1 amide bonds. The topological polar surface area (TPSA) is 61.8 Å². The van der Waals surface area contributed by atoms with Crippen LogP contribution in [0.2, 0.25) is 5.02 Å². The van der Waals surface area contributed by atoms with Crippen molar-refractivity contribution in [2.45, 2.75) is 6.17 Å². The Kier molecular flexibility index (Phi) is 4.38. The number of para-hydroxylation sites is 1. The Morgan fingerprint density at radius 1 is 1.07 bits per heavy atom. The predicted octanol–water partition coefficient (Wildman–Crippen LogP) is 4.83. The molecule has 0 bridgehead atoms. The van der Waals surface area contributed by atoms with Gasteiger partial charge in [0.15, 0.2) is 0 Å². The van der Waals surface area contributed by atoms with Crippen molar-refractivity contribution in [2.24, 2.45) is 0 Å². The minimum Gasteiger partial charge on any atom is -0.508 e. The van der Waals surface area contributed by atoms with Gasteiger partial charge in [0, 0.05) is 28.0 Å². The maximum absolute atomic E-state index is 13.3. The highest BCUT2D eigenvalue weighted by Crippen LogP contribution is 2.40. The van der Waals surface area contributed by atoms with Crippen LogP contribution in [0.4, 0.5) is 11.4 Å². The summed E-state index contributed by atoms with van der Waals surface area (Å²) < 4.78 is 5.45. The second kappa shape index (κ2) is 6.85. The van der Waals surface area contributed by atoms with E-state index >= 15 is 0 Å². The van der Waals surface area contributed by atoms with E-state index in [4.69, 9.17) is 16.3 Å². The quantitative estimate of drug-likeness (QED) is 0.683. The molecule has 1 aliphatic heterocycles. The zero-order valence-corrected chi connectivity index (χ0v) is 15.3. The summed E-state index contributed by atoms with van der Waals surface area (Å²) in [4.78, 5) is 15.0.